The Hall–Kier alpha value is -2.83. The van der Waals surface area contributed by atoms with Crippen molar-refractivity contribution in [1.82, 2.24) is 9.78 Å². The van der Waals surface area contributed by atoms with Gasteiger partial charge in [-0.3, -0.25) is 14.4 Å². The van der Waals surface area contributed by atoms with Gasteiger partial charge in [-0.25, -0.2) is 4.79 Å². The van der Waals surface area contributed by atoms with Crippen molar-refractivity contribution in [2.24, 2.45) is 0 Å². The largest absolute Gasteiger partial charge is 0.449 e. The number of aromatic nitrogens is 2. The van der Waals surface area contributed by atoms with Crippen molar-refractivity contribution in [2.75, 3.05) is 23.0 Å². The van der Waals surface area contributed by atoms with Crippen LogP contribution in [0, 0.1) is 0 Å². The van der Waals surface area contributed by atoms with Gasteiger partial charge >= 0.3 is 6.09 Å². The van der Waals surface area contributed by atoms with Crippen LogP contribution in [0.4, 0.5) is 16.2 Å². The first kappa shape index (κ1) is 18.5. The first-order chi connectivity index (χ1) is 13.5. The van der Waals surface area contributed by atoms with Crippen LogP contribution < -0.4 is 9.80 Å². The van der Waals surface area contributed by atoms with Gasteiger partial charge < -0.3 is 9.64 Å². The highest BCUT2D eigenvalue weighted by Crippen LogP contribution is 2.40. The van der Waals surface area contributed by atoms with Crippen molar-refractivity contribution in [3.05, 3.63) is 30.6 Å². The van der Waals surface area contributed by atoms with Crippen molar-refractivity contribution in [3.63, 3.8) is 0 Å². The van der Waals surface area contributed by atoms with E-state index >= 15 is 0 Å². The van der Waals surface area contributed by atoms with E-state index in [1.54, 1.807) is 16.7 Å². The number of carbonyl (C=O) groups excluding carboxylic acids is 2. The zero-order valence-corrected chi connectivity index (χ0v) is 16.6. The second kappa shape index (κ2) is 7.30. The van der Waals surface area contributed by atoms with Crippen LogP contribution in [0.3, 0.4) is 0 Å². The number of nitrogens with zero attached hydrogens (tertiary/aromatic N) is 4. The third-order valence-electron chi connectivity index (χ3n) is 5.26. The molecule has 0 spiro atoms. The Morgan fingerprint density at radius 2 is 2.00 bits per heavy atom. The number of anilines is 2. The highest BCUT2D eigenvalue weighted by atomic mass is 16.6. The Bertz CT molecular complexity index is 903. The van der Waals surface area contributed by atoms with E-state index in [1.807, 2.05) is 49.1 Å². The van der Waals surface area contributed by atoms with Gasteiger partial charge in [0, 0.05) is 25.2 Å². The summed E-state index contributed by atoms with van der Waals surface area (Å²) in [6.45, 7) is 6.24. The molecule has 2 aliphatic rings. The lowest BCUT2D eigenvalue weighted by atomic mass is 10.0. The molecule has 0 saturated heterocycles. The Morgan fingerprint density at radius 1 is 1.21 bits per heavy atom. The van der Waals surface area contributed by atoms with Gasteiger partial charge in [-0.15, -0.1) is 0 Å². The third kappa shape index (κ3) is 3.37. The Morgan fingerprint density at radius 3 is 2.68 bits per heavy atom. The molecule has 0 radical (unpaired) electrons. The van der Waals surface area contributed by atoms with Gasteiger partial charge in [0.05, 0.1) is 36.3 Å². The fourth-order valence-electron chi connectivity index (χ4n) is 3.75. The molecule has 2 heterocycles. The number of ether oxygens (including phenoxy) is 1. The summed E-state index contributed by atoms with van der Waals surface area (Å²) in [5, 5.41) is 4.46. The molecular formula is C21H26N4O3. The molecule has 7 heteroatoms. The van der Waals surface area contributed by atoms with E-state index in [2.05, 4.69) is 5.10 Å². The topological polar surface area (TPSA) is 67.7 Å². The van der Waals surface area contributed by atoms with Crippen LogP contribution in [0.15, 0.2) is 30.6 Å². The summed E-state index contributed by atoms with van der Waals surface area (Å²) in [7, 11) is 0. The van der Waals surface area contributed by atoms with Gasteiger partial charge in [0.25, 0.3) is 0 Å². The van der Waals surface area contributed by atoms with E-state index in [-0.39, 0.29) is 18.0 Å². The SMILES string of the molecule is CCCOC(=O)N1C[C@H](C)N(C(C)=O)c2ccc(-c3cnn(C4CC4)c3)cc21. The zero-order valence-electron chi connectivity index (χ0n) is 16.6. The van der Waals surface area contributed by atoms with Crippen LogP contribution in [0.5, 0.6) is 0 Å². The standard InChI is InChI=1S/C21H26N4O3/c1-4-9-28-21(27)23-12-14(2)25(15(3)26)19-8-5-16(10-20(19)23)17-11-22-24(13-17)18-6-7-18/h5,8,10-11,13-14,18H,4,6-7,9,12H2,1-3H3/t14-/m0/s1. The predicted molar refractivity (Wildman–Crippen MR) is 108 cm³/mol. The second-order valence-corrected chi connectivity index (χ2v) is 7.61. The monoisotopic (exact) mass is 382 g/mol. The number of amides is 2. The molecule has 2 aromatic rings. The minimum Gasteiger partial charge on any atom is -0.449 e. The number of carbonyl (C=O) groups is 2. The van der Waals surface area contributed by atoms with Gasteiger partial charge in [-0.2, -0.15) is 5.10 Å². The number of rotatable bonds is 4. The molecule has 1 saturated carbocycles. The summed E-state index contributed by atoms with van der Waals surface area (Å²) in [5.74, 6) is -0.0374. The number of hydrogen-bond acceptors (Lipinski definition) is 4. The smallest absolute Gasteiger partial charge is 0.414 e. The third-order valence-corrected chi connectivity index (χ3v) is 5.26. The Balaban J connectivity index is 1.73. The van der Waals surface area contributed by atoms with Crippen molar-refractivity contribution in [1.29, 1.82) is 0 Å². The Labute approximate surface area is 164 Å². The van der Waals surface area contributed by atoms with E-state index in [0.717, 1.165) is 23.2 Å². The molecule has 28 heavy (non-hydrogen) atoms. The minimum absolute atomic E-state index is 0.0374. The molecular weight excluding hydrogens is 356 g/mol. The van der Waals surface area contributed by atoms with Crippen LogP contribution >= 0.6 is 0 Å². The molecule has 1 fully saturated rings. The maximum Gasteiger partial charge on any atom is 0.414 e. The van der Waals surface area contributed by atoms with Gasteiger partial charge in [0.2, 0.25) is 5.91 Å². The predicted octanol–water partition coefficient (Wildman–Crippen LogP) is 3.99. The van der Waals surface area contributed by atoms with Crippen molar-refractivity contribution >= 4 is 23.4 Å². The maximum absolute atomic E-state index is 12.7. The van der Waals surface area contributed by atoms with E-state index in [1.165, 1.54) is 12.8 Å². The van der Waals surface area contributed by atoms with E-state index in [9.17, 15) is 9.59 Å². The molecule has 2 amide bonds. The van der Waals surface area contributed by atoms with E-state index in [0.29, 0.717) is 24.9 Å². The van der Waals surface area contributed by atoms with E-state index < -0.39 is 0 Å². The minimum atomic E-state index is -0.371. The molecule has 0 N–H and O–H groups in total. The lowest BCUT2D eigenvalue weighted by Gasteiger charge is -2.40. The quantitative estimate of drug-likeness (QED) is 0.802. The normalized spacial score (nSPS) is 18.8. The molecule has 1 aliphatic carbocycles. The molecule has 148 valence electrons. The van der Waals surface area contributed by atoms with E-state index in [4.69, 9.17) is 4.74 Å². The van der Waals surface area contributed by atoms with Crippen molar-refractivity contribution in [2.45, 2.75) is 52.1 Å². The summed E-state index contributed by atoms with van der Waals surface area (Å²) in [4.78, 5) is 28.3. The number of hydrogen-bond donors (Lipinski definition) is 0. The van der Waals surface area contributed by atoms with Gasteiger partial charge in [0.15, 0.2) is 0 Å². The fourth-order valence-corrected chi connectivity index (χ4v) is 3.75. The molecule has 1 aromatic carbocycles. The summed E-state index contributed by atoms with van der Waals surface area (Å²) in [5.41, 5.74) is 3.41. The van der Waals surface area contributed by atoms with Gasteiger partial charge in [-0.05, 0) is 43.9 Å². The first-order valence-electron chi connectivity index (χ1n) is 9.92. The molecule has 0 unspecified atom stereocenters. The summed E-state index contributed by atoms with van der Waals surface area (Å²) < 4.78 is 7.39. The zero-order chi connectivity index (χ0) is 19.8. The molecule has 1 atom stereocenters. The molecule has 1 aromatic heterocycles. The summed E-state index contributed by atoms with van der Waals surface area (Å²) in [6, 6.07) is 6.24. The highest BCUT2D eigenvalue weighted by Gasteiger charge is 2.34. The van der Waals surface area contributed by atoms with Crippen LogP contribution in [0.2, 0.25) is 0 Å². The second-order valence-electron chi connectivity index (χ2n) is 7.61. The molecule has 0 bridgehead atoms. The summed E-state index contributed by atoms with van der Waals surface area (Å²) >= 11 is 0. The number of fused-ring (bicyclic) bond motifs is 1. The molecule has 7 nitrogen and oxygen atoms in total. The number of benzene rings is 1. The average Bonchev–Trinajstić information content (AvgIpc) is 3.41. The van der Waals surface area contributed by atoms with Crippen LogP contribution in [-0.2, 0) is 9.53 Å². The van der Waals surface area contributed by atoms with Crippen molar-refractivity contribution < 1.29 is 14.3 Å². The van der Waals surface area contributed by atoms with Gasteiger partial charge in [0.1, 0.15) is 0 Å². The maximum atomic E-state index is 12.7. The lowest BCUT2D eigenvalue weighted by molar-refractivity contribution is -0.117. The fraction of sp³-hybridized carbons (Fsp3) is 0.476. The lowest BCUT2D eigenvalue weighted by Crippen LogP contribution is -2.51. The van der Waals surface area contributed by atoms with Crippen molar-refractivity contribution in [3.8, 4) is 11.1 Å². The molecule has 1 aliphatic heterocycles. The van der Waals surface area contributed by atoms with Crippen LogP contribution in [0.25, 0.3) is 11.1 Å². The Kier molecular flexibility index (Phi) is 4.83. The highest BCUT2D eigenvalue weighted by molar-refractivity contribution is 6.03. The van der Waals surface area contributed by atoms with Gasteiger partial charge in [-0.1, -0.05) is 13.0 Å². The molecule has 4 rings (SSSR count). The summed E-state index contributed by atoms with van der Waals surface area (Å²) in [6.07, 6.45) is 6.65. The van der Waals surface area contributed by atoms with Crippen LogP contribution in [-0.4, -0.2) is 41.0 Å². The average molecular weight is 382 g/mol. The first-order valence-corrected chi connectivity index (χ1v) is 9.92. The van der Waals surface area contributed by atoms with Crippen LogP contribution in [0.1, 0.15) is 46.1 Å².